The average molecular weight is 251 g/mol. The van der Waals surface area contributed by atoms with Gasteiger partial charge in [-0.25, -0.2) is 8.42 Å². The number of nitrogens with two attached hydrogens (primary N) is 1. The molecule has 5 nitrogen and oxygen atoms in total. The fraction of sp³-hybridized carbons (Fsp3) is 0.364. The molecule has 1 saturated heterocycles. The number of hydrogen-bond acceptors (Lipinski definition) is 4. The second-order valence-electron chi connectivity index (χ2n) is 3.96. The first-order valence-electron chi connectivity index (χ1n) is 5.33. The summed E-state index contributed by atoms with van der Waals surface area (Å²) in [7, 11) is -3.51. The van der Waals surface area contributed by atoms with Crippen LogP contribution in [0, 0.1) is 11.3 Å². The molecule has 0 saturated carbocycles. The van der Waals surface area contributed by atoms with Crippen LogP contribution in [-0.2, 0) is 10.0 Å². The van der Waals surface area contributed by atoms with Gasteiger partial charge in [0.05, 0.1) is 22.7 Å². The van der Waals surface area contributed by atoms with Gasteiger partial charge in [0, 0.05) is 6.54 Å². The van der Waals surface area contributed by atoms with E-state index in [1.807, 2.05) is 6.07 Å². The van der Waals surface area contributed by atoms with E-state index >= 15 is 0 Å². The Morgan fingerprint density at radius 1 is 1.35 bits per heavy atom. The number of nitrogens with zero attached hydrogens (tertiary/aromatic N) is 2. The van der Waals surface area contributed by atoms with Crippen LogP contribution in [0.15, 0.2) is 29.2 Å². The molecule has 1 aromatic carbocycles. The molecule has 2 N–H and O–H groups in total. The van der Waals surface area contributed by atoms with Gasteiger partial charge in [-0.3, -0.25) is 0 Å². The molecule has 1 aromatic rings. The topological polar surface area (TPSA) is 87.2 Å². The zero-order valence-corrected chi connectivity index (χ0v) is 10.0. The molecular weight excluding hydrogens is 238 g/mol. The highest BCUT2D eigenvalue weighted by Gasteiger charge is 2.32. The largest absolute Gasteiger partial charge is 0.315 e. The monoisotopic (exact) mass is 251 g/mol. The van der Waals surface area contributed by atoms with Crippen molar-refractivity contribution in [1.29, 1.82) is 5.26 Å². The third-order valence-electron chi connectivity index (χ3n) is 2.84. The van der Waals surface area contributed by atoms with Crippen molar-refractivity contribution in [2.45, 2.75) is 23.9 Å². The van der Waals surface area contributed by atoms with Crippen molar-refractivity contribution in [3.63, 3.8) is 0 Å². The van der Waals surface area contributed by atoms with Gasteiger partial charge < -0.3 is 5.73 Å². The van der Waals surface area contributed by atoms with Crippen molar-refractivity contribution in [2.24, 2.45) is 5.73 Å². The maximum Gasteiger partial charge on any atom is 0.244 e. The van der Waals surface area contributed by atoms with Crippen LogP contribution >= 0.6 is 0 Å². The molecule has 0 aliphatic carbocycles. The predicted molar refractivity (Wildman–Crippen MR) is 62.3 cm³/mol. The summed E-state index contributed by atoms with van der Waals surface area (Å²) < 4.78 is 25.7. The van der Waals surface area contributed by atoms with Crippen LogP contribution in [0.4, 0.5) is 0 Å². The van der Waals surface area contributed by atoms with Crippen LogP contribution in [0.3, 0.4) is 0 Å². The molecule has 2 rings (SSSR count). The zero-order chi connectivity index (χ0) is 12.5. The van der Waals surface area contributed by atoms with Crippen LogP contribution in [0.1, 0.15) is 18.4 Å². The van der Waals surface area contributed by atoms with Crippen LogP contribution in [-0.4, -0.2) is 25.4 Å². The summed E-state index contributed by atoms with van der Waals surface area (Å²) in [5.74, 6) is 0. The third-order valence-corrected chi connectivity index (χ3v) is 4.78. The van der Waals surface area contributed by atoms with Crippen LogP contribution in [0.5, 0.6) is 0 Å². The van der Waals surface area contributed by atoms with Gasteiger partial charge in [0.2, 0.25) is 10.0 Å². The van der Waals surface area contributed by atoms with E-state index in [0.717, 1.165) is 6.42 Å². The molecule has 0 radical (unpaired) electrons. The predicted octanol–water partition coefficient (Wildman–Crippen LogP) is 0.628. The smallest absolute Gasteiger partial charge is 0.244 e. The first-order valence-corrected chi connectivity index (χ1v) is 6.77. The molecule has 1 unspecified atom stereocenters. The number of sulfonamides is 1. The van der Waals surface area contributed by atoms with Gasteiger partial charge in [-0.15, -0.1) is 0 Å². The molecule has 1 heterocycles. The number of rotatable bonds is 2. The summed E-state index contributed by atoms with van der Waals surface area (Å²) in [5, 5.41) is 8.66. The summed E-state index contributed by atoms with van der Waals surface area (Å²) in [6, 6.07) is 7.83. The van der Waals surface area contributed by atoms with Gasteiger partial charge in [0.25, 0.3) is 0 Å². The molecule has 6 heteroatoms. The normalized spacial score (nSPS) is 21.3. The molecule has 1 fully saturated rings. The quantitative estimate of drug-likeness (QED) is 0.835. The molecule has 0 bridgehead atoms. The number of benzene rings is 1. The lowest BCUT2D eigenvalue weighted by Gasteiger charge is -2.20. The van der Waals surface area contributed by atoms with Crippen molar-refractivity contribution in [3.05, 3.63) is 29.8 Å². The molecule has 0 spiro atoms. The Balaban J connectivity index is 2.35. The second kappa shape index (κ2) is 4.45. The highest BCUT2D eigenvalue weighted by atomic mass is 32.2. The molecule has 17 heavy (non-hydrogen) atoms. The van der Waals surface area contributed by atoms with E-state index in [2.05, 4.69) is 0 Å². The van der Waals surface area contributed by atoms with E-state index < -0.39 is 16.2 Å². The molecule has 1 aliphatic rings. The summed E-state index contributed by atoms with van der Waals surface area (Å²) in [6.07, 6.45) is 1.04. The van der Waals surface area contributed by atoms with E-state index in [0.29, 0.717) is 18.5 Å². The Morgan fingerprint density at radius 2 is 2.00 bits per heavy atom. The zero-order valence-electron chi connectivity index (χ0n) is 9.20. The van der Waals surface area contributed by atoms with Gasteiger partial charge in [-0.05, 0) is 37.1 Å². The summed E-state index contributed by atoms with van der Waals surface area (Å²) >= 11 is 0. The van der Waals surface area contributed by atoms with E-state index in [4.69, 9.17) is 11.0 Å². The van der Waals surface area contributed by atoms with E-state index in [-0.39, 0.29) is 4.90 Å². The number of hydrogen-bond donors (Lipinski definition) is 1. The highest BCUT2D eigenvalue weighted by Crippen LogP contribution is 2.23. The maximum atomic E-state index is 12.2. The van der Waals surface area contributed by atoms with Crippen molar-refractivity contribution in [3.8, 4) is 6.07 Å². The van der Waals surface area contributed by atoms with Crippen molar-refractivity contribution in [2.75, 3.05) is 6.54 Å². The van der Waals surface area contributed by atoms with Gasteiger partial charge in [-0.2, -0.15) is 9.57 Å². The summed E-state index contributed by atoms with van der Waals surface area (Å²) in [5.41, 5.74) is 6.19. The van der Waals surface area contributed by atoms with Crippen molar-refractivity contribution in [1.82, 2.24) is 4.31 Å². The Kier molecular flexibility index (Phi) is 3.15. The minimum atomic E-state index is -3.51. The van der Waals surface area contributed by atoms with Crippen LogP contribution < -0.4 is 5.73 Å². The Hall–Kier alpha value is -1.42. The third kappa shape index (κ3) is 2.17. The summed E-state index contributed by atoms with van der Waals surface area (Å²) in [6.45, 7) is 0.462. The molecular formula is C11H13N3O2S. The van der Waals surface area contributed by atoms with E-state index in [1.54, 1.807) is 0 Å². The Bertz CT molecular complexity index is 545. The number of nitriles is 1. The second-order valence-corrected chi connectivity index (χ2v) is 5.85. The average Bonchev–Trinajstić information content (AvgIpc) is 2.76. The molecule has 1 atom stereocenters. The summed E-state index contributed by atoms with van der Waals surface area (Å²) in [4.78, 5) is 0.189. The van der Waals surface area contributed by atoms with Crippen molar-refractivity contribution < 1.29 is 8.42 Å². The molecule has 0 amide bonds. The lowest BCUT2D eigenvalue weighted by molar-refractivity contribution is 0.396. The van der Waals surface area contributed by atoms with Gasteiger partial charge in [0.1, 0.15) is 0 Å². The lowest BCUT2D eigenvalue weighted by atomic mass is 10.2. The standard InChI is InChI=1S/C11H13N3O2S/c12-8-9-3-5-10(6-4-9)17(15,16)14-7-1-2-11(14)13/h3-6,11H,1-2,7,13H2. The molecule has 0 aromatic heterocycles. The van der Waals surface area contributed by atoms with Gasteiger partial charge >= 0.3 is 0 Å². The lowest BCUT2D eigenvalue weighted by Crippen LogP contribution is -2.40. The first kappa shape index (κ1) is 12.0. The van der Waals surface area contributed by atoms with E-state index in [9.17, 15) is 8.42 Å². The van der Waals surface area contributed by atoms with Crippen LogP contribution in [0.25, 0.3) is 0 Å². The molecule has 1 aliphatic heterocycles. The van der Waals surface area contributed by atoms with Crippen molar-refractivity contribution >= 4 is 10.0 Å². The van der Waals surface area contributed by atoms with Gasteiger partial charge in [0.15, 0.2) is 0 Å². The highest BCUT2D eigenvalue weighted by molar-refractivity contribution is 7.89. The fourth-order valence-corrected chi connectivity index (χ4v) is 3.48. The maximum absolute atomic E-state index is 12.2. The minimum absolute atomic E-state index is 0.189. The first-order chi connectivity index (χ1) is 8.05. The SMILES string of the molecule is N#Cc1ccc(S(=O)(=O)N2CCCC2N)cc1. The Labute approximate surface area is 101 Å². The van der Waals surface area contributed by atoms with Crippen LogP contribution in [0.2, 0.25) is 0 Å². The Morgan fingerprint density at radius 3 is 2.47 bits per heavy atom. The van der Waals surface area contributed by atoms with Gasteiger partial charge in [-0.1, -0.05) is 0 Å². The van der Waals surface area contributed by atoms with E-state index in [1.165, 1.54) is 28.6 Å². The minimum Gasteiger partial charge on any atom is -0.315 e. The fourth-order valence-electron chi connectivity index (χ4n) is 1.90. The molecule has 90 valence electrons.